The fourth-order valence-corrected chi connectivity index (χ4v) is 3.40. The van der Waals surface area contributed by atoms with Gasteiger partial charge in [-0.3, -0.25) is 0 Å². The van der Waals surface area contributed by atoms with Crippen molar-refractivity contribution < 1.29 is 14.2 Å². The fourth-order valence-electron chi connectivity index (χ4n) is 3.40. The molecule has 2 fully saturated rings. The van der Waals surface area contributed by atoms with Crippen LogP contribution in [-0.2, 0) is 9.47 Å². The SMILES string of the molecule is C[C@@H]1CCCO[C@@]12CC[C@H](C)[C@@H](COc1ccccc1)O2. The highest BCUT2D eigenvalue weighted by Crippen LogP contribution is 2.42. The number of ether oxygens (including phenoxy) is 3. The van der Waals surface area contributed by atoms with Crippen LogP contribution in [0.15, 0.2) is 30.3 Å². The van der Waals surface area contributed by atoms with E-state index in [1.807, 2.05) is 30.3 Å². The third-order valence-electron chi connectivity index (χ3n) is 4.97. The summed E-state index contributed by atoms with van der Waals surface area (Å²) in [6, 6.07) is 9.97. The largest absolute Gasteiger partial charge is 0.491 e. The van der Waals surface area contributed by atoms with Crippen LogP contribution in [0.4, 0.5) is 0 Å². The Morgan fingerprint density at radius 1 is 1.19 bits per heavy atom. The molecule has 1 aromatic rings. The number of benzene rings is 1. The fraction of sp³-hybridized carbons (Fsp3) is 0.667. The highest BCUT2D eigenvalue weighted by Gasteiger charge is 2.46. The molecule has 0 aromatic heterocycles. The lowest BCUT2D eigenvalue weighted by atomic mass is 9.83. The second-order valence-electron chi connectivity index (χ2n) is 6.50. The van der Waals surface area contributed by atoms with E-state index in [1.165, 1.54) is 6.42 Å². The van der Waals surface area contributed by atoms with Crippen molar-refractivity contribution in [3.63, 3.8) is 0 Å². The average molecular weight is 290 g/mol. The first kappa shape index (κ1) is 14.9. The van der Waals surface area contributed by atoms with Crippen LogP contribution in [0.25, 0.3) is 0 Å². The van der Waals surface area contributed by atoms with Crippen molar-refractivity contribution in [2.24, 2.45) is 11.8 Å². The topological polar surface area (TPSA) is 27.7 Å². The first-order valence-corrected chi connectivity index (χ1v) is 8.19. The molecule has 0 radical (unpaired) electrons. The standard InChI is InChI=1S/C18H26O3/c1-14-10-11-18(15(2)7-6-12-20-18)21-17(14)13-19-16-8-4-3-5-9-16/h3-5,8-9,14-15,17H,6-7,10-13H2,1-2H3/t14-,15+,17+,18+/m0/s1. The molecular weight excluding hydrogens is 264 g/mol. The van der Waals surface area contributed by atoms with Gasteiger partial charge in [0.05, 0.1) is 12.7 Å². The van der Waals surface area contributed by atoms with E-state index < -0.39 is 0 Å². The molecule has 0 aliphatic carbocycles. The van der Waals surface area contributed by atoms with E-state index in [-0.39, 0.29) is 11.9 Å². The molecule has 21 heavy (non-hydrogen) atoms. The second-order valence-corrected chi connectivity index (χ2v) is 6.50. The number of para-hydroxylation sites is 1. The minimum Gasteiger partial charge on any atom is -0.491 e. The molecule has 3 nitrogen and oxygen atoms in total. The predicted molar refractivity (Wildman–Crippen MR) is 82.3 cm³/mol. The zero-order valence-electron chi connectivity index (χ0n) is 13.1. The van der Waals surface area contributed by atoms with Crippen molar-refractivity contribution in [1.82, 2.24) is 0 Å². The predicted octanol–water partition coefficient (Wildman–Crippen LogP) is 4.02. The third-order valence-corrected chi connectivity index (χ3v) is 4.97. The molecule has 0 saturated carbocycles. The normalized spacial score (nSPS) is 36.6. The van der Waals surface area contributed by atoms with E-state index in [2.05, 4.69) is 13.8 Å². The van der Waals surface area contributed by atoms with Crippen LogP contribution in [0.3, 0.4) is 0 Å². The Morgan fingerprint density at radius 3 is 2.76 bits per heavy atom. The molecule has 116 valence electrons. The molecule has 2 aliphatic heterocycles. The lowest BCUT2D eigenvalue weighted by Gasteiger charge is -2.49. The molecular formula is C18H26O3. The molecule has 2 saturated heterocycles. The van der Waals surface area contributed by atoms with Gasteiger partial charge in [0.25, 0.3) is 0 Å². The van der Waals surface area contributed by atoms with Gasteiger partial charge in [0.2, 0.25) is 0 Å². The van der Waals surface area contributed by atoms with Gasteiger partial charge in [0, 0.05) is 12.3 Å². The molecule has 0 N–H and O–H groups in total. The van der Waals surface area contributed by atoms with E-state index in [0.717, 1.165) is 31.6 Å². The van der Waals surface area contributed by atoms with E-state index in [9.17, 15) is 0 Å². The first-order valence-electron chi connectivity index (χ1n) is 8.19. The maximum Gasteiger partial charge on any atom is 0.171 e. The van der Waals surface area contributed by atoms with Gasteiger partial charge >= 0.3 is 0 Å². The van der Waals surface area contributed by atoms with Gasteiger partial charge in [-0.1, -0.05) is 32.0 Å². The van der Waals surface area contributed by atoms with Crippen LogP contribution in [0.5, 0.6) is 5.75 Å². The molecule has 3 heteroatoms. The van der Waals surface area contributed by atoms with Crippen molar-refractivity contribution in [3.8, 4) is 5.75 Å². The smallest absolute Gasteiger partial charge is 0.171 e. The van der Waals surface area contributed by atoms with Crippen LogP contribution in [0.1, 0.15) is 39.5 Å². The Balaban J connectivity index is 1.63. The minimum absolute atomic E-state index is 0.111. The third kappa shape index (κ3) is 3.24. The first-order chi connectivity index (χ1) is 10.2. The number of hydrogen-bond acceptors (Lipinski definition) is 3. The van der Waals surface area contributed by atoms with Crippen molar-refractivity contribution in [2.75, 3.05) is 13.2 Å². The van der Waals surface area contributed by atoms with E-state index >= 15 is 0 Å². The molecule has 0 bridgehead atoms. The monoisotopic (exact) mass is 290 g/mol. The van der Waals surface area contributed by atoms with E-state index in [0.29, 0.717) is 18.4 Å². The van der Waals surface area contributed by atoms with Gasteiger partial charge in [-0.05, 0) is 37.3 Å². The van der Waals surface area contributed by atoms with Crippen LogP contribution in [-0.4, -0.2) is 25.1 Å². The van der Waals surface area contributed by atoms with E-state index in [4.69, 9.17) is 14.2 Å². The van der Waals surface area contributed by atoms with Crippen molar-refractivity contribution in [1.29, 1.82) is 0 Å². The molecule has 4 atom stereocenters. The molecule has 0 amide bonds. The van der Waals surface area contributed by atoms with Crippen molar-refractivity contribution >= 4 is 0 Å². The van der Waals surface area contributed by atoms with Gasteiger partial charge in [-0.15, -0.1) is 0 Å². The number of hydrogen-bond donors (Lipinski definition) is 0. The molecule has 1 spiro atoms. The van der Waals surface area contributed by atoms with Gasteiger partial charge in [-0.2, -0.15) is 0 Å². The van der Waals surface area contributed by atoms with Crippen LogP contribution in [0, 0.1) is 11.8 Å². The Morgan fingerprint density at radius 2 is 2.00 bits per heavy atom. The van der Waals surface area contributed by atoms with Gasteiger partial charge < -0.3 is 14.2 Å². The maximum atomic E-state index is 6.41. The molecule has 1 aromatic carbocycles. The summed E-state index contributed by atoms with van der Waals surface area (Å²) in [4.78, 5) is 0. The van der Waals surface area contributed by atoms with E-state index in [1.54, 1.807) is 0 Å². The second kappa shape index (κ2) is 6.37. The summed E-state index contributed by atoms with van der Waals surface area (Å²) in [6.07, 6.45) is 4.61. The lowest BCUT2D eigenvalue weighted by Crippen LogP contribution is -2.53. The summed E-state index contributed by atoms with van der Waals surface area (Å²) in [5, 5.41) is 0. The highest BCUT2D eigenvalue weighted by molar-refractivity contribution is 5.20. The van der Waals surface area contributed by atoms with Crippen LogP contribution in [0.2, 0.25) is 0 Å². The Hall–Kier alpha value is -1.06. The molecule has 3 rings (SSSR count). The highest BCUT2D eigenvalue weighted by atomic mass is 16.7. The Kier molecular flexibility index (Phi) is 4.51. The Bertz CT molecular complexity index is 447. The van der Waals surface area contributed by atoms with Gasteiger partial charge in [-0.25, -0.2) is 0 Å². The Labute approximate surface area is 127 Å². The van der Waals surface area contributed by atoms with Crippen molar-refractivity contribution in [2.45, 2.75) is 51.4 Å². The zero-order valence-corrected chi connectivity index (χ0v) is 13.1. The summed E-state index contributed by atoms with van der Waals surface area (Å²) in [6.45, 7) is 5.93. The molecule has 2 aliphatic rings. The quantitative estimate of drug-likeness (QED) is 0.841. The zero-order chi connectivity index (χ0) is 14.7. The maximum absolute atomic E-state index is 6.41. The summed E-state index contributed by atoms with van der Waals surface area (Å²) in [5.41, 5.74) is 0. The number of rotatable bonds is 3. The molecule has 0 unspecified atom stereocenters. The van der Waals surface area contributed by atoms with Crippen LogP contribution >= 0.6 is 0 Å². The molecule has 2 heterocycles. The van der Waals surface area contributed by atoms with Crippen LogP contribution < -0.4 is 4.74 Å². The lowest BCUT2D eigenvalue weighted by molar-refractivity contribution is -0.328. The summed E-state index contributed by atoms with van der Waals surface area (Å²) >= 11 is 0. The van der Waals surface area contributed by atoms with Gasteiger partial charge in [0.1, 0.15) is 12.4 Å². The summed E-state index contributed by atoms with van der Waals surface area (Å²) in [7, 11) is 0. The van der Waals surface area contributed by atoms with Gasteiger partial charge in [0.15, 0.2) is 5.79 Å². The minimum atomic E-state index is -0.366. The summed E-state index contributed by atoms with van der Waals surface area (Å²) < 4.78 is 18.4. The summed E-state index contributed by atoms with van der Waals surface area (Å²) in [5.74, 6) is 1.52. The average Bonchev–Trinajstić information content (AvgIpc) is 2.52. The van der Waals surface area contributed by atoms with Crippen molar-refractivity contribution in [3.05, 3.63) is 30.3 Å².